The predicted octanol–water partition coefficient (Wildman–Crippen LogP) is 4.86. The number of nitrogens with zero attached hydrogens (tertiary/aromatic N) is 2. The zero-order chi connectivity index (χ0) is 34.8. The van der Waals surface area contributed by atoms with Gasteiger partial charge in [0.1, 0.15) is 17.7 Å². The zero-order valence-corrected chi connectivity index (χ0v) is 29.9. The van der Waals surface area contributed by atoms with Crippen molar-refractivity contribution in [1.82, 2.24) is 15.1 Å². The topological polar surface area (TPSA) is 125 Å². The molecule has 3 heterocycles. The van der Waals surface area contributed by atoms with E-state index < -0.39 is 47.7 Å². The molecule has 48 heavy (non-hydrogen) atoms. The van der Waals surface area contributed by atoms with Crippen molar-refractivity contribution >= 4 is 39.6 Å². The number of ether oxygens (including phenoxy) is 2. The number of carbonyl (C=O) groups excluding carboxylic acids is 4. The third-order valence-electron chi connectivity index (χ3n) is 9.83. The number of fused-ring (bicyclic) bond motifs is 1. The van der Waals surface area contributed by atoms with E-state index in [-0.39, 0.29) is 35.6 Å². The van der Waals surface area contributed by atoms with E-state index >= 15 is 0 Å². The van der Waals surface area contributed by atoms with E-state index in [0.717, 1.165) is 25.7 Å². The van der Waals surface area contributed by atoms with Crippen LogP contribution in [-0.2, 0) is 28.7 Å². The second-order valence-electron chi connectivity index (χ2n) is 13.2. The van der Waals surface area contributed by atoms with Crippen LogP contribution in [0.15, 0.2) is 55.6 Å². The average Bonchev–Trinajstić information content (AvgIpc) is 3.67. The number of amides is 3. The van der Waals surface area contributed by atoms with Gasteiger partial charge in [0.2, 0.25) is 17.7 Å². The lowest BCUT2D eigenvalue weighted by Crippen LogP contribution is -2.57. The van der Waals surface area contributed by atoms with Gasteiger partial charge in [-0.1, -0.05) is 84.6 Å². The first kappa shape index (κ1) is 37.8. The minimum absolute atomic E-state index is 0.107. The van der Waals surface area contributed by atoms with Crippen LogP contribution in [0.4, 0.5) is 0 Å². The summed E-state index contributed by atoms with van der Waals surface area (Å²) in [5.74, 6) is -3.06. The zero-order valence-electron chi connectivity index (χ0n) is 28.4. The van der Waals surface area contributed by atoms with Gasteiger partial charge in [-0.05, 0) is 44.6 Å². The van der Waals surface area contributed by atoms with Gasteiger partial charge in [0.05, 0.1) is 24.0 Å². The van der Waals surface area contributed by atoms with Crippen LogP contribution in [0.2, 0.25) is 0 Å². The normalized spacial score (nSPS) is 26.9. The van der Waals surface area contributed by atoms with E-state index in [0.29, 0.717) is 50.9 Å². The fraction of sp³-hybridized carbons (Fsp3) is 0.622. The highest BCUT2D eigenvalue weighted by Gasteiger charge is 2.77. The molecule has 10 nitrogen and oxygen atoms in total. The first-order valence-electron chi connectivity index (χ1n) is 17.4. The molecule has 0 radical (unpaired) electrons. The summed E-state index contributed by atoms with van der Waals surface area (Å²) in [6.07, 6.45) is 7.72. The van der Waals surface area contributed by atoms with E-state index in [1.165, 1.54) is 0 Å². The Morgan fingerprint density at radius 2 is 1.90 bits per heavy atom. The van der Waals surface area contributed by atoms with Gasteiger partial charge in [0.25, 0.3) is 0 Å². The number of alkyl halides is 1. The fourth-order valence-electron chi connectivity index (χ4n) is 7.58. The summed E-state index contributed by atoms with van der Waals surface area (Å²) in [5, 5.41) is 12.2. The molecule has 3 aliphatic rings. The molecule has 0 saturated carbocycles. The first-order valence-corrected chi connectivity index (χ1v) is 18.3. The number of aliphatic hydroxyl groups excluding tert-OH is 1. The van der Waals surface area contributed by atoms with Crippen molar-refractivity contribution in [2.45, 2.75) is 106 Å². The molecule has 2 bridgehead atoms. The molecule has 0 aliphatic carbocycles. The van der Waals surface area contributed by atoms with Gasteiger partial charge in [-0.3, -0.25) is 19.2 Å². The standard InChI is InChI=1S/C37H52BrN3O7/c1-5-8-19-28(43)39-25(4)31(26-17-13-12-14-18-26)47-36(46)29-30-34(44)41(22-15-10-11-16-23-42)33(37(30)24-27(38)32(29)48-37)35(45)40(20-7-3)21-9-6-2/h5,7,12-14,17-18,25,27,29-33,42H,1,3,6,8-11,15-16,19-24H2,2,4H3,(H,39,43)/t25-,27?,29+,30-,31-,32+,33+,37-/m0/s1. The Morgan fingerprint density at radius 3 is 2.56 bits per heavy atom. The van der Waals surface area contributed by atoms with Crippen LogP contribution < -0.4 is 5.32 Å². The molecule has 1 unspecified atom stereocenters. The fourth-order valence-corrected chi connectivity index (χ4v) is 8.52. The van der Waals surface area contributed by atoms with Crippen molar-refractivity contribution in [3.63, 3.8) is 0 Å². The first-order chi connectivity index (χ1) is 23.1. The molecule has 3 amide bonds. The van der Waals surface area contributed by atoms with E-state index in [1.807, 2.05) is 30.3 Å². The molecule has 3 saturated heterocycles. The lowest BCUT2D eigenvalue weighted by Gasteiger charge is -2.37. The number of benzene rings is 1. The molecule has 2 N–H and O–H groups in total. The van der Waals surface area contributed by atoms with Crippen molar-refractivity contribution in [2.75, 3.05) is 26.2 Å². The van der Waals surface area contributed by atoms with E-state index in [9.17, 15) is 24.3 Å². The second kappa shape index (κ2) is 17.6. The molecule has 3 fully saturated rings. The third kappa shape index (κ3) is 8.05. The van der Waals surface area contributed by atoms with Crippen LogP contribution in [0, 0.1) is 11.8 Å². The van der Waals surface area contributed by atoms with Gasteiger partial charge in [-0.15, -0.1) is 13.2 Å². The number of allylic oxidation sites excluding steroid dienone is 1. The van der Waals surface area contributed by atoms with Gasteiger partial charge >= 0.3 is 5.97 Å². The average molecular weight is 731 g/mol. The van der Waals surface area contributed by atoms with Gasteiger partial charge < -0.3 is 29.7 Å². The molecule has 1 aromatic rings. The highest BCUT2D eigenvalue weighted by Crippen LogP contribution is 2.60. The highest BCUT2D eigenvalue weighted by atomic mass is 79.9. The maximum atomic E-state index is 14.5. The molecule has 264 valence electrons. The number of carbonyl (C=O) groups is 4. The van der Waals surface area contributed by atoms with Crippen LogP contribution >= 0.6 is 15.9 Å². The monoisotopic (exact) mass is 729 g/mol. The van der Waals surface area contributed by atoms with Crippen molar-refractivity contribution in [3.8, 4) is 0 Å². The summed E-state index contributed by atoms with van der Waals surface area (Å²) < 4.78 is 13.0. The summed E-state index contributed by atoms with van der Waals surface area (Å²) in [7, 11) is 0. The number of hydrogen-bond donors (Lipinski definition) is 2. The van der Waals surface area contributed by atoms with E-state index in [1.54, 1.807) is 28.9 Å². The predicted molar refractivity (Wildman–Crippen MR) is 187 cm³/mol. The molecule has 1 aromatic carbocycles. The van der Waals surface area contributed by atoms with Crippen LogP contribution in [0.25, 0.3) is 0 Å². The number of halogens is 1. The maximum Gasteiger partial charge on any atom is 0.313 e. The van der Waals surface area contributed by atoms with Crippen molar-refractivity contribution in [1.29, 1.82) is 0 Å². The Labute approximate surface area is 293 Å². The lowest BCUT2D eigenvalue weighted by atomic mass is 9.70. The molecule has 4 rings (SSSR count). The summed E-state index contributed by atoms with van der Waals surface area (Å²) in [6, 6.07) is 7.79. The molecule has 0 aromatic heterocycles. The van der Waals surface area contributed by atoms with Gasteiger partial charge in [0.15, 0.2) is 0 Å². The minimum atomic E-state index is -1.19. The maximum absolute atomic E-state index is 14.5. The second-order valence-corrected chi connectivity index (χ2v) is 14.4. The highest BCUT2D eigenvalue weighted by molar-refractivity contribution is 9.09. The van der Waals surface area contributed by atoms with E-state index in [4.69, 9.17) is 9.47 Å². The van der Waals surface area contributed by atoms with Gasteiger partial charge in [-0.2, -0.15) is 0 Å². The Bertz CT molecular complexity index is 1290. The van der Waals surface area contributed by atoms with Crippen LogP contribution in [0.5, 0.6) is 0 Å². The van der Waals surface area contributed by atoms with Crippen molar-refractivity contribution in [3.05, 3.63) is 61.2 Å². The molecular formula is C37H52BrN3O7. The largest absolute Gasteiger partial charge is 0.455 e. The molecule has 11 heteroatoms. The molecule has 8 atom stereocenters. The Morgan fingerprint density at radius 1 is 1.17 bits per heavy atom. The summed E-state index contributed by atoms with van der Waals surface area (Å²) in [4.78, 5) is 59.1. The molecule has 1 spiro atoms. The van der Waals surface area contributed by atoms with Crippen LogP contribution in [0.3, 0.4) is 0 Å². The van der Waals surface area contributed by atoms with Crippen LogP contribution in [0.1, 0.15) is 83.3 Å². The Hall–Kier alpha value is -3.02. The van der Waals surface area contributed by atoms with E-state index in [2.05, 4.69) is 41.3 Å². The number of hydrogen-bond acceptors (Lipinski definition) is 7. The van der Waals surface area contributed by atoms with Crippen molar-refractivity contribution < 1.29 is 33.8 Å². The summed E-state index contributed by atoms with van der Waals surface area (Å²) in [6.45, 7) is 12.7. The minimum Gasteiger partial charge on any atom is -0.455 e. The SMILES string of the molecule is C=CCCC(=O)N[C@@H](C)[C@H](OC(=O)[C@H]1[C@@H]2O[C@@]3(CC2Br)[C@@H]1C(=O)N(CCCCCCO)[C@@H]3C(=O)N(CC=C)CCCC)c1ccccc1. The summed E-state index contributed by atoms with van der Waals surface area (Å²) in [5.41, 5.74) is -0.483. The lowest BCUT2D eigenvalue weighted by molar-refractivity contribution is -0.162. The molecular weight excluding hydrogens is 678 g/mol. The summed E-state index contributed by atoms with van der Waals surface area (Å²) >= 11 is 3.75. The quantitative estimate of drug-likeness (QED) is 0.0851. The third-order valence-corrected chi connectivity index (χ3v) is 10.7. The van der Waals surface area contributed by atoms with Gasteiger partial charge in [-0.25, -0.2) is 0 Å². The Balaban J connectivity index is 1.66. The number of unbranched alkanes of at least 4 members (excludes halogenated alkanes) is 4. The number of likely N-dealkylation sites (tertiary alicyclic amines) is 1. The number of rotatable bonds is 20. The molecule has 3 aliphatic heterocycles. The van der Waals surface area contributed by atoms with Crippen LogP contribution in [-0.4, -0.2) is 93.5 Å². The van der Waals surface area contributed by atoms with Gasteiger partial charge in [0, 0.05) is 37.5 Å². The number of nitrogens with one attached hydrogen (secondary N) is 1. The number of aliphatic hydroxyl groups is 1. The smallest absolute Gasteiger partial charge is 0.313 e. The van der Waals surface area contributed by atoms with Crippen molar-refractivity contribution in [2.24, 2.45) is 11.8 Å². The number of esters is 1. The Kier molecular flexibility index (Phi) is 13.8.